The van der Waals surface area contributed by atoms with E-state index in [0.717, 1.165) is 88.4 Å². The molecule has 10 heterocycles. The molecule has 0 unspecified atom stereocenters. The summed E-state index contributed by atoms with van der Waals surface area (Å²) in [6.07, 6.45) is 11.6. The van der Waals surface area contributed by atoms with Crippen LogP contribution in [0.15, 0.2) is 462 Å². The van der Waals surface area contributed by atoms with Gasteiger partial charge >= 0.3 is 0 Å². The predicted octanol–water partition coefficient (Wildman–Crippen LogP) is 29.5. The van der Waals surface area contributed by atoms with E-state index in [1.807, 2.05) is 97.8 Å². The molecule has 0 spiro atoms. The Morgan fingerprint density at radius 1 is 0.162 bits per heavy atom. The summed E-state index contributed by atoms with van der Waals surface area (Å²) in [6.45, 7) is 0. The number of aromatic nitrogens is 12. The van der Waals surface area contributed by atoms with Crippen LogP contribution in [0.1, 0.15) is 0 Å². The highest BCUT2D eigenvalue weighted by atomic mass is 15.2. The van der Waals surface area contributed by atoms with E-state index in [9.17, 15) is 0 Å². The zero-order chi connectivity index (χ0) is 85.7. The van der Waals surface area contributed by atoms with Crippen molar-refractivity contribution in [1.29, 1.82) is 0 Å². The molecule has 27 aromatic rings. The first-order valence-electron chi connectivity index (χ1n) is 43.9. The third-order valence-corrected chi connectivity index (χ3v) is 25.7. The van der Waals surface area contributed by atoms with Crippen molar-refractivity contribution in [3.8, 4) is 90.5 Å². The number of hydrogen-bond acceptors (Lipinski definition) is 6. The number of para-hydroxylation sites is 7. The lowest BCUT2D eigenvalue weighted by atomic mass is 9.98. The maximum atomic E-state index is 5.09. The van der Waals surface area contributed by atoms with Gasteiger partial charge in [0.25, 0.3) is 0 Å². The van der Waals surface area contributed by atoms with Gasteiger partial charge in [0.15, 0.2) is 11.6 Å². The van der Waals surface area contributed by atoms with Gasteiger partial charge in [-0.25, -0.2) is 4.98 Å². The van der Waals surface area contributed by atoms with Gasteiger partial charge in [-0.1, -0.05) is 273 Å². The average Bonchev–Trinajstić information content (AvgIpc) is 1.57. The van der Waals surface area contributed by atoms with Gasteiger partial charge in [0.05, 0.1) is 72.4 Å². The number of pyridine rings is 3. The van der Waals surface area contributed by atoms with Crippen LogP contribution in [-0.2, 0) is 0 Å². The Morgan fingerprint density at radius 3 is 0.931 bits per heavy atom. The topological polar surface area (TPSA) is 107 Å². The molecule has 0 radical (unpaired) electrons. The molecule has 130 heavy (non-hydrogen) atoms. The number of rotatable bonds is 11. The van der Waals surface area contributed by atoms with Crippen LogP contribution in [0, 0.1) is 0 Å². The molecular formula is C118H76N12. The van der Waals surface area contributed by atoms with Gasteiger partial charge in [-0.3, -0.25) is 19.5 Å². The Bertz CT molecular complexity index is 9050. The van der Waals surface area contributed by atoms with E-state index in [1.165, 1.54) is 126 Å². The summed E-state index contributed by atoms with van der Waals surface area (Å²) >= 11 is 0. The lowest BCUT2D eigenvalue weighted by Crippen LogP contribution is -2.06. The normalized spacial score (nSPS) is 11.7. The summed E-state index contributed by atoms with van der Waals surface area (Å²) in [7, 11) is 0. The van der Waals surface area contributed by atoms with Crippen LogP contribution < -0.4 is 0 Å². The molecule has 0 saturated carbocycles. The van der Waals surface area contributed by atoms with E-state index < -0.39 is 0 Å². The van der Waals surface area contributed by atoms with Gasteiger partial charge < -0.3 is 22.8 Å². The van der Waals surface area contributed by atoms with Crippen LogP contribution in [-0.4, -0.2) is 57.3 Å². The van der Waals surface area contributed by atoms with E-state index in [-0.39, 0.29) is 0 Å². The second-order valence-corrected chi connectivity index (χ2v) is 32.9. The quantitative estimate of drug-likeness (QED) is 0.128. The molecule has 608 valence electrons. The maximum absolute atomic E-state index is 5.09. The fourth-order valence-electron chi connectivity index (χ4n) is 20.0. The van der Waals surface area contributed by atoms with Crippen LogP contribution in [0.2, 0.25) is 0 Å². The third kappa shape index (κ3) is 12.4. The van der Waals surface area contributed by atoms with Crippen molar-refractivity contribution < 1.29 is 0 Å². The lowest BCUT2D eigenvalue weighted by Gasteiger charge is -2.11. The predicted molar refractivity (Wildman–Crippen MR) is 537 cm³/mol. The minimum Gasteiger partial charge on any atom is -0.309 e. The van der Waals surface area contributed by atoms with E-state index in [2.05, 4.69) is 406 Å². The van der Waals surface area contributed by atoms with Crippen molar-refractivity contribution in [1.82, 2.24) is 57.3 Å². The molecule has 0 bridgehead atoms. The number of benzene rings is 17. The summed E-state index contributed by atoms with van der Waals surface area (Å²) in [5, 5.41) is 16.9. The van der Waals surface area contributed by atoms with Crippen molar-refractivity contribution in [2.45, 2.75) is 0 Å². The second kappa shape index (κ2) is 31.2. The molecule has 0 amide bonds. The molecule has 0 aliphatic heterocycles. The summed E-state index contributed by atoms with van der Waals surface area (Å²) in [5.74, 6) is 1.85. The molecule has 0 N–H and O–H groups in total. The molecular weight excluding hydrogens is 1590 g/mol. The second-order valence-electron chi connectivity index (χ2n) is 32.9. The van der Waals surface area contributed by atoms with Crippen molar-refractivity contribution in [3.63, 3.8) is 0 Å². The molecule has 0 fully saturated rings. The monoisotopic (exact) mass is 1660 g/mol. The molecule has 17 aromatic carbocycles. The molecule has 0 aliphatic carbocycles. The Hall–Kier alpha value is -17.7. The standard InChI is InChI=1S/C44H28N6.C39H25N3.C35H23N3/c1-4-13-29(14-5-1)42-46-43(30-15-6-2-7-16-30)48-44(47-42)50-37-21-11-10-19-34(37)36-27-31(23-24-38(36)50)33-20-12-22-39-41(33)35-25-26-45-28-40(35)49(39)32-17-8-3-9-18-32;1-2-11-29(12-3-1)41-37-21-22-40-25-34(37)39-31(14-8-16-38(39)41)28-18-20-36-33(24-28)32-13-6-7-15-35(32)42(36)30-19-17-26-9-4-5-10-27(26)23-30;1-3-10-25(11-4-1)37-31-16-8-7-14-28(31)29-22-24(18-19-32(29)37)27-15-9-17-34-35(27)30-23-36-21-20-33(30)38(34)26-12-5-2-6-13-26/h1-28H;1-25H;1-23H. The zero-order valence-electron chi connectivity index (χ0n) is 70.2. The summed E-state index contributed by atoms with van der Waals surface area (Å²) in [6, 6.07) is 150. The average molecular weight is 1660 g/mol. The molecule has 10 aromatic heterocycles. The highest BCUT2D eigenvalue weighted by Crippen LogP contribution is 2.47. The van der Waals surface area contributed by atoms with Crippen molar-refractivity contribution in [2.24, 2.45) is 0 Å². The number of fused-ring (bicyclic) bond motifs is 19. The number of hydrogen-bond donors (Lipinski definition) is 0. The first kappa shape index (κ1) is 74.8. The minimum absolute atomic E-state index is 0.581. The highest BCUT2D eigenvalue weighted by Gasteiger charge is 2.25. The first-order chi connectivity index (χ1) is 64.5. The Balaban J connectivity index is 0.000000106. The number of nitrogens with zero attached hydrogens (tertiary/aromatic N) is 12. The largest absolute Gasteiger partial charge is 0.309 e. The third-order valence-electron chi connectivity index (χ3n) is 25.7. The van der Waals surface area contributed by atoms with E-state index in [1.54, 1.807) is 0 Å². The molecule has 27 rings (SSSR count). The molecule has 0 atom stereocenters. The summed E-state index contributed by atoms with van der Waals surface area (Å²) in [4.78, 5) is 28.7. The lowest BCUT2D eigenvalue weighted by molar-refractivity contribution is 0.953. The van der Waals surface area contributed by atoms with Crippen LogP contribution >= 0.6 is 0 Å². The van der Waals surface area contributed by atoms with Gasteiger partial charge in [0.2, 0.25) is 5.95 Å². The summed E-state index contributed by atoms with van der Waals surface area (Å²) < 4.78 is 13.9. The zero-order valence-corrected chi connectivity index (χ0v) is 70.2. The Labute approximate surface area is 746 Å². The maximum Gasteiger partial charge on any atom is 0.238 e. The first-order valence-corrected chi connectivity index (χ1v) is 43.9. The van der Waals surface area contributed by atoms with E-state index >= 15 is 0 Å². The molecule has 0 saturated heterocycles. The van der Waals surface area contributed by atoms with E-state index in [4.69, 9.17) is 15.0 Å². The fraction of sp³-hybridized carbons (Fsp3) is 0. The Kier molecular flexibility index (Phi) is 18.0. The molecule has 12 heteroatoms. The Morgan fingerprint density at radius 2 is 0.485 bits per heavy atom. The van der Waals surface area contributed by atoms with Crippen LogP contribution in [0.3, 0.4) is 0 Å². The van der Waals surface area contributed by atoms with Gasteiger partial charge in [-0.05, 0) is 196 Å². The van der Waals surface area contributed by atoms with Crippen molar-refractivity contribution in [2.75, 3.05) is 0 Å². The SMILES string of the molecule is c1ccc(-c2nc(-c3ccccc3)nc(-n3c4ccccc4c4cc(-c5cccc6c5c5ccncc5n6-c5ccccc5)ccc43)n2)cc1.c1ccc(-n2c3ccccc3c3cc(-c4cccc5c4c4cnccc4n5-c4ccccc4)ccc32)cc1.c1ccc(-n2c3ccncc3c3c(-c4ccc5c(c4)c4ccccc4n5-c4ccc5ccccc5c4)cccc32)cc1. The molecule has 12 nitrogen and oxygen atoms in total. The van der Waals surface area contributed by atoms with Crippen LogP contribution in [0.4, 0.5) is 0 Å². The minimum atomic E-state index is 0.581. The van der Waals surface area contributed by atoms with Gasteiger partial charge in [0, 0.05) is 135 Å². The summed E-state index contributed by atoms with van der Waals surface area (Å²) in [5.41, 5.74) is 28.6. The van der Waals surface area contributed by atoms with Gasteiger partial charge in [0.1, 0.15) is 0 Å². The van der Waals surface area contributed by atoms with Gasteiger partial charge in [-0.15, -0.1) is 0 Å². The van der Waals surface area contributed by atoms with Crippen molar-refractivity contribution in [3.05, 3.63) is 462 Å². The molecule has 0 aliphatic rings. The van der Waals surface area contributed by atoms with Crippen LogP contribution in [0.25, 0.3) is 232 Å². The van der Waals surface area contributed by atoms with Crippen molar-refractivity contribution >= 4 is 142 Å². The highest BCUT2D eigenvalue weighted by molar-refractivity contribution is 6.21. The fourth-order valence-corrected chi connectivity index (χ4v) is 20.0. The van der Waals surface area contributed by atoms with E-state index in [0.29, 0.717) is 17.6 Å². The van der Waals surface area contributed by atoms with Gasteiger partial charge in [-0.2, -0.15) is 9.97 Å². The smallest absolute Gasteiger partial charge is 0.238 e. The van der Waals surface area contributed by atoms with Crippen LogP contribution in [0.5, 0.6) is 0 Å².